The average molecular weight is 518 g/mol. The van der Waals surface area contributed by atoms with Crippen LogP contribution in [0.1, 0.15) is 19.5 Å². The highest BCUT2D eigenvalue weighted by atomic mass is 35.5. The lowest BCUT2D eigenvalue weighted by atomic mass is 10.3. The molecule has 1 heterocycles. The molecule has 1 amide bonds. The molecule has 0 bridgehead atoms. The zero-order chi connectivity index (χ0) is 24.6. The highest BCUT2D eigenvalue weighted by Crippen LogP contribution is 2.31. The average Bonchev–Trinajstić information content (AvgIpc) is 2.64. The first-order valence-electron chi connectivity index (χ1n) is 8.63. The van der Waals surface area contributed by atoms with E-state index in [4.69, 9.17) is 11.6 Å². The maximum Gasteiger partial charge on any atom is 0.431 e. The summed E-state index contributed by atoms with van der Waals surface area (Å²) in [6.45, 7) is 2.71. The van der Waals surface area contributed by atoms with E-state index in [1.54, 1.807) is 0 Å². The standard InChI is InChI=1S/C17H16ClF4N3O5S2/c1-8(2)32(29,30)23-14(26)7-31-12-5-11(10(19)4-9(12)18)25-15(27)6-13(17(20,21)22)24(3)16(25)28/h4-6,8H,7H2,1-3H3,(H,23,26). The zero-order valence-corrected chi connectivity index (χ0v) is 19.0. The van der Waals surface area contributed by atoms with E-state index >= 15 is 0 Å². The van der Waals surface area contributed by atoms with Gasteiger partial charge in [-0.15, -0.1) is 11.8 Å². The molecule has 32 heavy (non-hydrogen) atoms. The Morgan fingerprint density at radius 1 is 1.22 bits per heavy atom. The van der Waals surface area contributed by atoms with Crippen molar-refractivity contribution in [3.63, 3.8) is 0 Å². The van der Waals surface area contributed by atoms with Crippen LogP contribution in [0, 0.1) is 5.82 Å². The lowest BCUT2D eigenvalue weighted by Gasteiger charge is -2.15. The van der Waals surface area contributed by atoms with Gasteiger partial charge in [0.25, 0.3) is 5.56 Å². The maximum absolute atomic E-state index is 14.5. The first kappa shape index (κ1) is 25.9. The van der Waals surface area contributed by atoms with E-state index in [2.05, 4.69) is 0 Å². The fraction of sp³-hybridized carbons (Fsp3) is 0.353. The van der Waals surface area contributed by atoms with Gasteiger partial charge in [0.05, 0.1) is 21.7 Å². The predicted molar refractivity (Wildman–Crippen MR) is 110 cm³/mol. The summed E-state index contributed by atoms with van der Waals surface area (Å²) in [7, 11) is -3.12. The second kappa shape index (κ2) is 9.27. The zero-order valence-electron chi connectivity index (χ0n) is 16.7. The number of hydrogen-bond acceptors (Lipinski definition) is 6. The van der Waals surface area contributed by atoms with Crippen molar-refractivity contribution in [2.45, 2.75) is 30.2 Å². The molecule has 2 rings (SSSR count). The number of nitrogens with one attached hydrogen (secondary N) is 1. The number of thioether (sulfide) groups is 1. The fourth-order valence-electron chi connectivity index (χ4n) is 2.37. The van der Waals surface area contributed by atoms with Gasteiger partial charge in [-0.2, -0.15) is 13.2 Å². The molecule has 0 aliphatic rings. The molecule has 1 N–H and O–H groups in total. The largest absolute Gasteiger partial charge is 0.431 e. The molecule has 0 radical (unpaired) electrons. The van der Waals surface area contributed by atoms with Crippen molar-refractivity contribution in [2.75, 3.05) is 5.75 Å². The lowest BCUT2D eigenvalue weighted by Crippen LogP contribution is -2.41. The van der Waals surface area contributed by atoms with Crippen LogP contribution in [0.2, 0.25) is 5.02 Å². The number of nitrogens with zero attached hydrogens (tertiary/aromatic N) is 2. The van der Waals surface area contributed by atoms with E-state index in [1.807, 2.05) is 4.72 Å². The number of aromatic nitrogens is 2. The third-order valence-corrected chi connectivity index (χ3v) is 7.32. The number of halogens is 5. The van der Waals surface area contributed by atoms with Gasteiger partial charge in [-0.25, -0.2) is 22.2 Å². The Morgan fingerprint density at radius 3 is 2.34 bits per heavy atom. The molecule has 1 aromatic heterocycles. The van der Waals surface area contributed by atoms with Gasteiger partial charge in [-0.3, -0.25) is 18.9 Å². The van der Waals surface area contributed by atoms with E-state index < -0.39 is 61.6 Å². The molecule has 1 aromatic carbocycles. The Morgan fingerprint density at radius 2 is 1.81 bits per heavy atom. The van der Waals surface area contributed by atoms with Crippen molar-refractivity contribution >= 4 is 39.3 Å². The number of carbonyl (C=O) groups excluding carboxylic acids is 1. The lowest BCUT2D eigenvalue weighted by molar-refractivity contribution is -0.144. The van der Waals surface area contributed by atoms with E-state index in [0.717, 1.165) is 13.1 Å². The molecule has 0 spiro atoms. The minimum atomic E-state index is -4.99. The van der Waals surface area contributed by atoms with Crippen LogP contribution < -0.4 is 16.0 Å². The number of alkyl halides is 3. The maximum atomic E-state index is 14.5. The summed E-state index contributed by atoms with van der Waals surface area (Å²) in [5.74, 6) is -2.56. The van der Waals surface area contributed by atoms with Gasteiger partial charge in [0, 0.05) is 18.0 Å². The second-order valence-electron chi connectivity index (χ2n) is 6.68. The summed E-state index contributed by atoms with van der Waals surface area (Å²) in [6, 6.07) is 1.76. The number of carbonyl (C=O) groups is 1. The van der Waals surface area contributed by atoms with Crippen LogP contribution in [0.15, 0.2) is 32.7 Å². The Hall–Kier alpha value is -2.32. The molecule has 0 unspecified atom stereocenters. The van der Waals surface area contributed by atoms with Crippen molar-refractivity contribution in [1.29, 1.82) is 0 Å². The van der Waals surface area contributed by atoms with Gasteiger partial charge in [0.15, 0.2) is 0 Å². The van der Waals surface area contributed by atoms with Crippen molar-refractivity contribution in [3.8, 4) is 5.69 Å². The highest BCUT2D eigenvalue weighted by molar-refractivity contribution is 8.00. The van der Waals surface area contributed by atoms with Crippen LogP contribution >= 0.6 is 23.4 Å². The number of benzene rings is 1. The van der Waals surface area contributed by atoms with Crippen molar-refractivity contribution in [2.24, 2.45) is 7.05 Å². The first-order valence-corrected chi connectivity index (χ1v) is 11.5. The van der Waals surface area contributed by atoms with Crippen molar-refractivity contribution in [3.05, 3.63) is 55.6 Å². The van der Waals surface area contributed by atoms with Gasteiger partial charge in [0.2, 0.25) is 15.9 Å². The summed E-state index contributed by atoms with van der Waals surface area (Å²) in [4.78, 5) is 36.5. The summed E-state index contributed by atoms with van der Waals surface area (Å²) in [5, 5.41) is -1.10. The smallest absolute Gasteiger partial charge is 0.292 e. The fourth-order valence-corrected chi connectivity index (χ4v) is 4.15. The molecule has 2 aromatic rings. The second-order valence-corrected chi connectivity index (χ2v) is 10.3. The Bertz CT molecular complexity index is 1290. The van der Waals surface area contributed by atoms with Gasteiger partial charge < -0.3 is 0 Å². The normalized spacial score (nSPS) is 12.3. The van der Waals surface area contributed by atoms with Gasteiger partial charge in [-0.1, -0.05) is 11.6 Å². The minimum Gasteiger partial charge on any atom is -0.292 e. The molecule has 0 aliphatic carbocycles. The predicted octanol–water partition coefficient (Wildman–Crippen LogP) is 2.29. The van der Waals surface area contributed by atoms with Crippen LogP contribution in [-0.2, 0) is 28.0 Å². The van der Waals surface area contributed by atoms with Gasteiger partial charge in [0.1, 0.15) is 11.5 Å². The molecule has 0 atom stereocenters. The van der Waals surface area contributed by atoms with Crippen LogP contribution in [0.5, 0.6) is 0 Å². The third kappa shape index (κ3) is 5.53. The highest BCUT2D eigenvalue weighted by Gasteiger charge is 2.35. The van der Waals surface area contributed by atoms with E-state index in [9.17, 15) is 40.4 Å². The van der Waals surface area contributed by atoms with Crippen molar-refractivity contribution < 1.29 is 30.8 Å². The van der Waals surface area contributed by atoms with E-state index in [0.29, 0.717) is 17.8 Å². The van der Waals surface area contributed by atoms with Crippen LogP contribution in [0.3, 0.4) is 0 Å². The summed E-state index contributed by atoms with van der Waals surface area (Å²) in [5.41, 5.74) is -5.09. The summed E-state index contributed by atoms with van der Waals surface area (Å²) < 4.78 is 79.1. The molecular formula is C17H16ClF4N3O5S2. The molecule has 176 valence electrons. The Kier molecular flexibility index (Phi) is 7.52. The molecule has 8 nitrogen and oxygen atoms in total. The third-order valence-electron chi connectivity index (χ3n) is 4.09. The SMILES string of the molecule is CC(C)S(=O)(=O)NC(=O)CSc1cc(-n2c(=O)cc(C(F)(F)F)n(C)c2=O)c(F)cc1Cl. The van der Waals surface area contributed by atoms with Gasteiger partial charge >= 0.3 is 11.9 Å². The Labute approximate surface area is 188 Å². The summed E-state index contributed by atoms with van der Waals surface area (Å²) in [6.07, 6.45) is -4.99. The minimum absolute atomic E-state index is 0.0194. The molecular weight excluding hydrogens is 502 g/mol. The van der Waals surface area contributed by atoms with Crippen LogP contribution in [-0.4, -0.2) is 34.5 Å². The molecule has 0 aliphatic heterocycles. The Balaban J connectivity index is 2.47. The molecule has 0 fully saturated rings. The van der Waals surface area contributed by atoms with Crippen molar-refractivity contribution in [1.82, 2.24) is 13.9 Å². The topological polar surface area (TPSA) is 107 Å². The quantitative estimate of drug-likeness (QED) is 0.465. The van der Waals surface area contributed by atoms with E-state index in [-0.39, 0.29) is 25.1 Å². The first-order chi connectivity index (χ1) is 14.6. The summed E-state index contributed by atoms with van der Waals surface area (Å²) >= 11 is 6.59. The molecule has 15 heteroatoms. The number of amides is 1. The van der Waals surface area contributed by atoms with Gasteiger partial charge in [-0.05, 0) is 26.0 Å². The number of sulfonamides is 1. The number of rotatable bonds is 6. The number of hydrogen-bond donors (Lipinski definition) is 1. The molecule has 0 saturated heterocycles. The van der Waals surface area contributed by atoms with E-state index in [1.165, 1.54) is 13.8 Å². The van der Waals surface area contributed by atoms with Crippen LogP contribution in [0.25, 0.3) is 5.69 Å². The molecule has 0 saturated carbocycles. The monoisotopic (exact) mass is 517 g/mol. The van der Waals surface area contributed by atoms with Crippen LogP contribution in [0.4, 0.5) is 17.6 Å².